The highest BCUT2D eigenvalue weighted by Crippen LogP contribution is 2.21. The molecule has 0 radical (unpaired) electrons. The van der Waals surface area contributed by atoms with E-state index in [2.05, 4.69) is 16.9 Å². The van der Waals surface area contributed by atoms with Gasteiger partial charge in [0.2, 0.25) is 0 Å². The van der Waals surface area contributed by atoms with Crippen molar-refractivity contribution in [3.8, 4) is 0 Å². The van der Waals surface area contributed by atoms with Crippen molar-refractivity contribution in [2.24, 2.45) is 0 Å². The van der Waals surface area contributed by atoms with Crippen LogP contribution in [0.5, 0.6) is 0 Å². The molecule has 1 aliphatic rings. The average molecular weight is 254 g/mol. The van der Waals surface area contributed by atoms with E-state index in [0.29, 0.717) is 11.7 Å². The quantitative estimate of drug-likeness (QED) is 0.890. The van der Waals surface area contributed by atoms with Crippen molar-refractivity contribution in [2.75, 3.05) is 13.6 Å². The summed E-state index contributed by atoms with van der Waals surface area (Å²) in [5.74, 6) is -0.809. The van der Waals surface area contributed by atoms with E-state index in [4.69, 9.17) is 5.11 Å². The Labute approximate surface area is 105 Å². The van der Waals surface area contributed by atoms with Gasteiger partial charge < -0.3 is 10.0 Å². The molecule has 1 aromatic heterocycles. The van der Waals surface area contributed by atoms with Crippen molar-refractivity contribution in [3.05, 3.63) is 16.1 Å². The predicted molar refractivity (Wildman–Crippen MR) is 67.4 cm³/mol. The average Bonchev–Trinajstić information content (AvgIpc) is 2.68. The van der Waals surface area contributed by atoms with Crippen LogP contribution in [0.15, 0.2) is 5.38 Å². The Morgan fingerprint density at radius 3 is 3.18 bits per heavy atom. The largest absolute Gasteiger partial charge is 0.481 e. The highest BCUT2D eigenvalue weighted by molar-refractivity contribution is 7.09. The number of rotatable bonds is 4. The van der Waals surface area contributed by atoms with Crippen molar-refractivity contribution in [1.82, 2.24) is 9.88 Å². The van der Waals surface area contributed by atoms with Crippen LogP contribution in [-0.2, 0) is 17.6 Å². The Balaban J connectivity index is 1.93. The lowest BCUT2D eigenvalue weighted by Gasteiger charge is -2.31. The van der Waals surface area contributed by atoms with Gasteiger partial charge in [0.1, 0.15) is 0 Å². The zero-order valence-corrected chi connectivity index (χ0v) is 10.9. The molecule has 1 unspecified atom stereocenters. The van der Waals surface area contributed by atoms with Gasteiger partial charge in [-0.2, -0.15) is 0 Å². The van der Waals surface area contributed by atoms with Crippen LogP contribution in [0.4, 0.5) is 0 Å². The van der Waals surface area contributed by atoms with Gasteiger partial charge in [-0.25, -0.2) is 4.98 Å². The first-order valence-electron chi connectivity index (χ1n) is 6.00. The maximum atomic E-state index is 10.6. The number of piperidine rings is 1. The van der Waals surface area contributed by atoms with Gasteiger partial charge in [-0.3, -0.25) is 4.79 Å². The lowest BCUT2D eigenvalue weighted by Crippen LogP contribution is -2.37. The monoisotopic (exact) mass is 254 g/mol. The Morgan fingerprint density at radius 2 is 2.47 bits per heavy atom. The minimum Gasteiger partial charge on any atom is -0.481 e. The molecule has 5 heteroatoms. The van der Waals surface area contributed by atoms with E-state index in [-0.39, 0.29) is 6.42 Å². The Morgan fingerprint density at radius 1 is 1.65 bits per heavy atom. The lowest BCUT2D eigenvalue weighted by molar-refractivity contribution is -0.136. The zero-order valence-electron chi connectivity index (χ0n) is 10.1. The summed E-state index contributed by atoms with van der Waals surface area (Å²) in [6.07, 6.45) is 4.81. The summed E-state index contributed by atoms with van der Waals surface area (Å²) in [6.45, 7) is 1.16. The molecule has 1 atom stereocenters. The highest BCUT2D eigenvalue weighted by Gasteiger charge is 2.20. The van der Waals surface area contributed by atoms with Crippen LogP contribution >= 0.6 is 11.3 Å². The summed E-state index contributed by atoms with van der Waals surface area (Å²) in [6, 6.07) is 0.576. The van der Waals surface area contributed by atoms with Gasteiger partial charge in [-0.05, 0) is 26.4 Å². The predicted octanol–water partition coefficient (Wildman–Crippen LogP) is 1.80. The fourth-order valence-electron chi connectivity index (χ4n) is 2.28. The van der Waals surface area contributed by atoms with Crippen molar-refractivity contribution in [2.45, 2.75) is 38.1 Å². The molecule has 1 saturated heterocycles. The summed E-state index contributed by atoms with van der Waals surface area (Å²) in [7, 11) is 2.16. The number of likely N-dealkylation sites (tertiary alicyclic amines) is 1. The summed E-state index contributed by atoms with van der Waals surface area (Å²) < 4.78 is 0. The molecule has 2 heterocycles. The number of aliphatic carboxylic acids is 1. The first-order valence-corrected chi connectivity index (χ1v) is 6.88. The van der Waals surface area contributed by atoms with Gasteiger partial charge in [0.05, 0.1) is 17.1 Å². The standard InChI is InChI=1S/C12H18N2O2S/c1-14-5-3-2-4-10(14)7-11-13-9(8-17-11)6-12(15)16/h8,10H,2-7H2,1H3,(H,15,16). The third-order valence-corrected chi connectivity index (χ3v) is 4.18. The smallest absolute Gasteiger partial charge is 0.309 e. The van der Waals surface area contributed by atoms with Gasteiger partial charge in [-0.15, -0.1) is 11.3 Å². The number of carboxylic acids is 1. The van der Waals surface area contributed by atoms with E-state index >= 15 is 0 Å². The van der Waals surface area contributed by atoms with Crippen LogP contribution in [0, 0.1) is 0 Å². The second-order valence-electron chi connectivity index (χ2n) is 4.64. The maximum Gasteiger partial charge on any atom is 0.309 e. The molecule has 0 saturated carbocycles. The molecule has 0 bridgehead atoms. The molecular formula is C12H18N2O2S. The number of thiazole rings is 1. The van der Waals surface area contributed by atoms with Crippen molar-refractivity contribution in [1.29, 1.82) is 0 Å². The van der Waals surface area contributed by atoms with Crippen LogP contribution in [0.25, 0.3) is 0 Å². The topological polar surface area (TPSA) is 53.4 Å². The van der Waals surface area contributed by atoms with Gasteiger partial charge in [0.25, 0.3) is 0 Å². The molecule has 94 valence electrons. The molecular weight excluding hydrogens is 236 g/mol. The van der Waals surface area contributed by atoms with Gasteiger partial charge in [0.15, 0.2) is 0 Å². The molecule has 17 heavy (non-hydrogen) atoms. The SMILES string of the molecule is CN1CCCCC1Cc1nc(CC(=O)O)cs1. The summed E-state index contributed by atoms with van der Waals surface area (Å²) in [5, 5.41) is 11.6. The van der Waals surface area contributed by atoms with Crippen molar-refractivity contribution >= 4 is 17.3 Å². The molecule has 0 amide bonds. The molecule has 1 aliphatic heterocycles. The van der Waals surface area contributed by atoms with E-state index < -0.39 is 5.97 Å². The van der Waals surface area contributed by atoms with E-state index in [1.54, 1.807) is 11.3 Å². The van der Waals surface area contributed by atoms with E-state index in [1.807, 2.05) is 5.38 Å². The second kappa shape index (κ2) is 5.60. The second-order valence-corrected chi connectivity index (χ2v) is 5.58. The minimum absolute atomic E-state index is 0.0387. The normalized spacial score (nSPS) is 21.6. The molecule has 1 aromatic rings. The van der Waals surface area contributed by atoms with Gasteiger partial charge in [-0.1, -0.05) is 6.42 Å². The van der Waals surface area contributed by atoms with Crippen LogP contribution in [0.1, 0.15) is 30.0 Å². The van der Waals surface area contributed by atoms with Crippen LogP contribution in [0.2, 0.25) is 0 Å². The number of likely N-dealkylation sites (N-methyl/N-ethyl adjacent to an activating group) is 1. The molecule has 4 nitrogen and oxygen atoms in total. The van der Waals surface area contributed by atoms with Crippen molar-refractivity contribution < 1.29 is 9.90 Å². The van der Waals surface area contributed by atoms with Crippen LogP contribution < -0.4 is 0 Å². The van der Waals surface area contributed by atoms with E-state index in [0.717, 1.165) is 18.0 Å². The third kappa shape index (κ3) is 3.51. The summed E-state index contributed by atoms with van der Waals surface area (Å²) >= 11 is 1.59. The number of carbonyl (C=O) groups is 1. The number of hydrogen-bond donors (Lipinski definition) is 1. The van der Waals surface area contributed by atoms with E-state index in [1.165, 1.54) is 19.3 Å². The Hall–Kier alpha value is -0.940. The molecule has 0 aromatic carbocycles. The number of hydrogen-bond acceptors (Lipinski definition) is 4. The Bertz CT molecular complexity index is 392. The number of nitrogens with zero attached hydrogens (tertiary/aromatic N) is 2. The fraction of sp³-hybridized carbons (Fsp3) is 0.667. The van der Waals surface area contributed by atoms with Gasteiger partial charge >= 0.3 is 5.97 Å². The molecule has 0 spiro atoms. The van der Waals surface area contributed by atoms with E-state index in [9.17, 15) is 4.79 Å². The zero-order chi connectivity index (χ0) is 12.3. The minimum atomic E-state index is -0.809. The van der Waals surface area contributed by atoms with Crippen LogP contribution in [0.3, 0.4) is 0 Å². The maximum absolute atomic E-state index is 10.6. The number of carboxylic acid groups (broad SMARTS) is 1. The molecule has 2 rings (SSSR count). The third-order valence-electron chi connectivity index (χ3n) is 3.26. The first kappa shape index (κ1) is 12.5. The fourth-order valence-corrected chi connectivity index (χ4v) is 3.15. The number of aromatic nitrogens is 1. The lowest BCUT2D eigenvalue weighted by atomic mass is 10.0. The van der Waals surface area contributed by atoms with Crippen LogP contribution in [-0.4, -0.2) is 40.6 Å². The summed E-state index contributed by atoms with van der Waals surface area (Å²) in [4.78, 5) is 17.4. The van der Waals surface area contributed by atoms with Crippen molar-refractivity contribution in [3.63, 3.8) is 0 Å². The molecule has 1 fully saturated rings. The first-order chi connectivity index (χ1) is 8.15. The summed E-state index contributed by atoms with van der Waals surface area (Å²) in [5.41, 5.74) is 0.691. The van der Waals surface area contributed by atoms with Gasteiger partial charge in [0, 0.05) is 17.8 Å². The molecule has 1 N–H and O–H groups in total. The Kier molecular flexibility index (Phi) is 4.12. The highest BCUT2D eigenvalue weighted by atomic mass is 32.1. The molecule has 0 aliphatic carbocycles.